The van der Waals surface area contributed by atoms with E-state index in [2.05, 4.69) is 10.2 Å². The van der Waals surface area contributed by atoms with Crippen LogP contribution in [-0.4, -0.2) is 44.2 Å². The van der Waals surface area contributed by atoms with Crippen LogP contribution in [0.1, 0.15) is 42.5 Å². The number of aromatic nitrogens is 2. The molecule has 1 saturated carbocycles. The highest BCUT2D eigenvalue weighted by molar-refractivity contribution is 6.00. The molecular weight excluding hydrogens is 294 g/mol. The van der Waals surface area contributed by atoms with E-state index < -0.39 is 12.0 Å². The first-order valence-electron chi connectivity index (χ1n) is 8.14. The quantitative estimate of drug-likeness (QED) is 0.891. The number of rotatable bonds is 2. The lowest BCUT2D eigenvalue weighted by molar-refractivity contribution is -0.141. The van der Waals surface area contributed by atoms with Crippen molar-refractivity contribution in [1.82, 2.24) is 15.1 Å². The minimum Gasteiger partial charge on any atom is -0.480 e. The molecule has 1 amide bonds. The SMILES string of the molecule is O=C(O)[C@@H]1C[C@@H]2CCCC[C@@H]2N1C(=O)c1ccc2[nH]ncc2c1. The van der Waals surface area contributed by atoms with E-state index in [-0.39, 0.29) is 11.9 Å². The topological polar surface area (TPSA) is 86.3 Å². The Balaban J connectivity index is 1.70. The number of aromatic amines is 1. The van der Waals surface area contributed by atoms with Crippen LogP contribution in [0, 0.1) is 5.92 Å². The van der Waals surface area contributed by atoms with Crippen molar-refractivity contribution in [3.63, 3.8) is 0 Å². The number of carboxylic acid groups (broad SMARTS) is 1. The summed E-state index contributed by atoms with van der Waals surface area (Å²) in [5.74, 6) is -0.738. The Labute approximate surface area is 133 Å². The summed E-state index contributed by atoms with van der Waals surface area (Å²) >= 11 is 0. The molecule has 2 N–H and O–H groups in total. The first kappa shape index (κ1) is 14.2. The number of carbonyl (C=O) groups is 2. The third-order valence-electron chi connectivity index (χ3n) is 5.29. The molecule has 4 rings (SSSR count). The highest BCUT2D eigenvalue weighted by Gasteiger charge is 2.47. The Hall–Kier alpha value is -2.37. The van der Waals surface area contributed by atoms with Gasteiger partial charge >= 0.3 is 5.97 Å². The van der Waals surface area contributed by atoms with Crippen LogP contribution in [0.5, 0.6) is 0 Å². The predicted octanol–water partition coefficient (Wildman–Crippen LogP) is 2.42. The molecular formula is C17H19N3O3. The molecule has 1 aromatic carbocycles. The van der Waals surface area contributed by atoms with Crippen LogP contribution in [0.15, 0.2) is 24.4 Å². The monoisotopic (exact) mass is 313 g/mol. The normalized spacial score (nSPS) is 27.1. The van der Waals surface area contributed by atoms with Gasteiger partial charge in [0.15, 0.2) is 0 Å². The van der Waals surface area contributed by atoms with Gasteiger partial charge in [0, 0.05) is 17.0 Å². The molecule has 120 valence electrons. The molecule has 6 heteroatoms. The molecule has 2 fully saturated rings. The van der Waals surface area contributed by atoms with Crippen LogP contribution >= 0.6 is 0 Å². The molecule has 0 unspecified atom stereocenters. The summed E-state index contributed by atoms with van der Waals surface area (Å²) in [6.45, 7) is 0. The second-order valence-electron chi connectivity index (χ2n) is 6.59. The maximum absolute atomic E-state index is 13.0. The Kier molecular flexibility index (Phi) is 3.32. The zero-order valence-corrected chi connectivity index (χ0v) is 12.7. The Morgan fingerprint density at radius 3 is 2.91 bits per heavy atom. The number of aliphatic carboxylic acids is 1. The van der Waals surface area contributed by atoms with Crippen LogP contribution in [-0.2, 0) is 4.79 Å². The van der Waals surface area contributed by atoms with E-state index >= 15 is 0 Å². The number of nitrogens with zero attached hydrogens (tertiary/aromatic N) is 2. The van der Waals surface area contributed by atoms with Crippen LogP contribution in [0.2, 0.25) is 0 Å². The van der Waals surface area contributed by atoms with Crippen molar-refractivity contribution >= 4 is 22.8 Å². The Bertz CT molecular complexity index is 769. The molecule has 6 nitrogen and oxygen atoms in total. The minimum atomic E-state index is -0.892. The molecule has 1 aliphatic carbocycles. The van der Waals surface area contributed by atoms with Crippen molar-refractivity contribution in [2.24, 2.45) is 5.92 Å². The number of fused-ring (bicyclic) bond motifs is 2. The smallest absolute Gasteiger partial charge is 0.326 e. The van der Waals surface area contributed by atoms with E-state index in [1.807, 2.05) is 6.07 Å². The van der Waals surface area contributed by atoms with E-state index in [9.17, 15) is 14.7 Å². The molecule has 3 atom stereocenters. The second-order valence-corrected chi connectivity index (χ2v) is 6.59. The highest BCUT2D eigenvalue weighted by atomic mass is 16.4. The van der Waals surface area contributed by atoms with E-state index in [1.165, 1.54) is 0 Å². The number of nitrogens with one attached hydrogen (secondary N) is 1. The molecule has 2 aliphatic rings. The third kappa shape index (κ3) is 2.29. The van der Waals surface area contributed by atoms with Gasteiger partial charge in [0.25, 0.3) is 5.91 Å². The lowest BCUT2D eigenvalue weighted by atomic mass is 9.84. The van der Waals surface area contributed by atoms with Gasteiger partial charge in [-0.3, -0.25) is 9.89 Å². The van der Waals surface area contributed by atoms with Crippen LogP contribution in [0.3, 0.4) is 0 Å². The van der Waals surface area contributed by atoms with E-state index in [0.29, 0.717) is 17.9 Å². The van der Waals surface area contributed by atoms with Crippen LogP contribution in [0.4, 0.5) is 0 Å². The first-order chi connectivity index (χ1) is 11.1. The van der Waals surface area contributed by atoms with Gasteiger partial charge in [-0.25, -0.2) is 4.79 Å². The molecule has 1 aromatic heterocycles. The fraction of sp³-hybridized carbons (Fsp3) is 0.471. The summed E-state index contributed by atoms with van der Waals surface area (Å²) in [4.78, 5) is 26.3. The average Bonchev–Trinajstić information content (AvgIpc) is 3.17. The van der Waals surface area contributed by atoms with Gasteiger partial charge in [-0.05, 0) is 43.4 Å². The van der Waals surface area contributed by atoms with Crippen molar-refractivity contribution in [2.45, 2.75) is 44.2 Å². The lowest BCUT2D eigenvalue weighted by Gasteiger charge is -2.33. The lowest BCUT2D eigenvalue weighted by Crippen LogP contribution is -2.46. The Morgan fingerprint density at radius 1 is 1.26 bits per heavy atom. The number of amides is 1. The van der Waals surface area contributed by atoms with Crippen molar-refractivity contribution in [3.05, 3.63) is 30.0 Å². The zero-order valence-electron chi connectivity index (χ0n) is 12.7. The summed E-state index contributed by atoms with van der Waals surface area (Å²) < 4.78 is 0. The van der Waals surface area contributed by atoms with Crippen molar-refractivity contribution in [2.75, 3.05) is 0 Å². The molecule has 2 aromatic rings. The maximum Gasteiger partial charge on any atom is 0.326 e. The fourth-order valence-corrected chi connectivity index (χ4v) is 4.20. The average molecular weight is 313 g/mol. The van der Waals surface area contributed by atoms with Gasteiger partial charge in [0.2, 0.25) is 0 Å². The van der Waals surface area contributed by atoms with Crippen molar-refractivity contribution in [3.8, 4) is 0 Å². The van der Waals surface area contributed by atoms with Gasteiger partial charge in [0.05, 0.1) is 11.7 Å². The highest BCUT2D eigenvalue weighted by Crippen LogP contribution is 2.40. The molecule has 1 saturated heterocycles. The van der Waals surface area contributed by atoms with Gasteiger partial charge in [0.1, 0.15) is 6.04 Å². The van der Waals surface area contributed by atoms with Gasteiger partial charge < -0.3 is 10.0 Å². The number of likely N-dealkylation sites (tertiary alicyclic amines) is 1. The molecule has 0 bridgehead atoms. The third-order valence-corrected chi connectivity index (χ3v) is 5.29. The van der Waals surface area contributed by atoms with Gasteiger partial charge in [-0.15, -0.1) is 0 Å². The Morgan fingerprint density at radius 2 is 2.09 bits per heavy atom. The maximum atomic E-state index is 13.0. The summed E-state index contributed by atoms with van der Waals surface area (Å²) in [6.07, 6.45) is 6.40. The van der Waals surface area contributed by atoms with E-state index in [1.54, 1.807) is 23.2 Å². The molecule has 0 radical (unpaired) electrons. The molecule has 2 heterocycles. The number of hydrogen-bond acceptors (Lipinski definition) is 3. The predicted molar refractivity (Wildman–Crippen MR) is 84.1 cm³/mol. The van der Waals surface area contributed by atoms with Crippen molar-refractivity contribution < 1.29 is 14.7 Å². The van der Waals surface area contributed by atoms with E-state index in [4.69, 9.17) is 0 Å². The summed E-state index contributed by atoms with van der Waals surface area (Å²) in [5, 5.41) is 17.2. The standard InChI is InChI=1S/C17H19N3O3/c21-16(11-5-6-13-12(7-11)9-18-19-13)20-14-4-2-1-3-10(14)8-15(20)17(22)23/h5-7,9-10,14-15H,1-4,8H2,(H,18,19)(H,22,23)/t10-,14-,15-/m0/s1. The van der Waals surface area contributed by atoms with Gasteiger partial charge in [-0.2, -0.15) is 5.10 Å². The number of H-pyrrole nitrogens is 1. The number of carbonyl (C=O) groups excluding carboxylic acids is 1. The minimum absolute atomic E-state index is 0.0670. The molecule has 1 aliphatic heterocycles. The largest absolute Gasteiger partial charge is 0.480 e. The number of hydrogen-bond donors (Lipinski definition) is 2. The first-order valence-corrected chi connectivity index (χ1v) is 8.14. The summed E-state index contributed by atoms with van der Waals surface area (Å²) in [5.41, 5.74) is 1.41. The second kappa shape index (κ2) is 5.37. The van der Waals surface area contributed by atoms with Gasteiger partial charge in [-0.1, -0.05) is 12.8 Å². The summed E-state index contributed by atoms with van der Waals surface area (Å²) in [6, 6.07) is 4.72. The fourth-order valence-electron chi connectivity index (χ4n) is 4.20. The number of carboxylic acids is 1. The molecule has 0 spiro atoms. The summed E-state index contributed by atoms with van der Waals surface area (Å²) in [7, 11) is 0. The zero-order chi connectivity index (χ0) is 16.0. The molecule has 23 heavy (non-hydrogen) atoms. The van der Waals surface area contributed by atoms with E-state index in [0.717, 1.165) is 36.6 Å². The van der Waals surface area contributed by atoms with Crippen molar-refractivity contribution in [1.29, 1.82) is 0 Å². The van der Waals surface area contributed by atoms with Crippen LogP contribution in [0.25, 0.3) is 10.9 Å². The number of benzene rings is 1. The van der Waals surface area contributed by atoms with Crippen LogP contribution < -0.4 is 0 Å².